The van der Waals surface area contributed by atoms with Gasteiger partial charge in [-0.15, -0.1) is 0 Å². The van der Waals surface area contributed by atoms with Gasteiger partial charge in [-0.05, 0) is 0 Å². The molecule has 0 spiro atoms. The number of carbonyl (C=O) groups is 2. The molecule has 0 radical (unpaired) electrons. The fourth-order valence-electron chi connectivity index (χ4n) is 1.09. The second kappa shape index (κ2) is 6.18. The Hall–Kier alpha value is -1.32. The Morgan fingerprint density at radius 1 is 1.00 bits per heavy atom. The molecule has 0 N–H and O–H groups in total. The maximum Gasteiger partial charge on any atom is 0.344 e. The second-order valence-electron chi connectivity index (χ2n) is 2.62. The van der Waals surface area contributed by atoms with Crippen molar-refractivity contribution in [2.75, 3.05) is 14.2 Å². The smallest absolute Gasteiger partial charge is 0.344 e. The van der Waals surface area contributed by atoms with Gasteiger partial charge in [0, 0.05) is 12.8 Å². The zero-order valence-corrected chi connectivity index (χ0v) is 9.05. The summed E-state index contributed by atoms with van der Waals surface area (Å²) in [6.07, 6.45) is 0.754. The van der Waals surface area contributed by atoms with E-state index in [1.807, 2.05) is 6.92 Å². The summed E-state index contributed by atoms with van der Waals surface area (Å²) in [5, 5.41) is 0. The van der Waals surface area contributed by atoms with Gasteiger partial charge in [-0.2, -0.15) is 0 Å². The fraction of sp³-hybridized carbons (Fsp3) is 0.600. The Kier molecular flexibility index (Phi) is 5.60. The van der Waals surface area contributed by atoms with Crippen molar-refractivity contribution in [2.45, 2.75) is 26.7 Å². The molecule has 0 heterocycles. The van der Waals surface area contributed by atoms with E-state index < -0.39 is 5.97 Å². The van der Waals surface area contributed by atoms with Crippen LogP contribution in [0, 0.1) is 0 Å². The lowest BCUT2D eigenvalue weighted by Crippen LogP contribution is -2.17. The first kappa shape index (κ1) is 12.7. The molecular formula is C10H16O4. The van der Waals surface area contributed by atoms with Crippen LogP contribution in [0.4, 0.5) is 0 Å². The monoisotopic (exact) mass is 200 g/mol. The average Bonchev–Trinajstić information content (AvgIpc) is 2.23. The van der Waals surface area contributed by atoms with Gasteiger partial charge < -0.3 is 9.47 Å². The summed E-state index contributed by atoms with van der Waals surface area (Å²) in [6, 6.07) is 0. The molecule has 0 amide bonds. The van der Waals surface area contributed by atoms with Crippen molar-refractivity contribution >= 4 is 11.8 Å². The summed E-state index contributed by atoms with van der Waals surface area (Å²) >= 11 is 0. The van der Waals surface area contributed by atoms with E-state index in [1.165, 1.54) is 14.2 Å². The molecule has 80 valence electrons. The van der Waals surface area contributed by atoms with Crippen LogP contribution >= 0.6 is 0 Å². The van der Waals surface area contributed by atoms with Gasteiger partial charge in [0.05, 0.1) is 14.2 Å². The van der Waals surface area contributed by atoms with Crippen LogP contribution in [-0.4, -0.2) is 26.0 Å². The molecule has 4 nitrogen and oxygen atoms in total. The van der Waals surface area contributed by atoms with Crippen molar-refractivity contribution < 1.29 is 19.1 Å². The van der Waals surface area contributed by atoms with Crippen molar-refractivity contribution in [1.29, 1.82) is 0 Å². The average molecular weight is 200 g/mol. The number of ketones is 1. The number of methoxy groups -OCH3 is 2. The third-order valence-corrected chi connectivity index (χ3v) is 1.84. The maximum absolute atomic E-state index is 11.4. The summed E-state index contributed by atoms with van der Waals surface area (Å²) in [4.78, 5) is 22.7. The molecular weight excluding hydrogens is 184 g/mol. The van der Waals surface area contributed by atoms with Gasteiger partial charge in [0.25, 0.3) is 0 Å². The predicted molar refractivity (Wildman–Crippen MR) is 51.6 cm³/mol. The molecule has 0 aromatic carbocycles. The van der Waals surface area contributed by atoms with Crippen LogP contribution in [0.15, 0.2) is 11.3 Å². The number of carbonyl (C=O) groups excluding carboxylic acids is 2. The molecule has 0 aliphatic rings. The Balaban J connectivity index is 5.16. The molecule has 0 aromatic heterocycles. The quantitative estimate of drug-likeness (QED) is 0.221. The molecule has 0 atom stereocenters. The number of ether oxygens (including phenoxy) is 2. The Morgan fingerprint density at radius 3 is 1.86 bits per heavy atom. The van der Waals surface area contributed by atoms with Crippen LogP contribution in [0.5, 0.6) is 0 Å². The van der Waals surface area contributed by atoms with Crippen LogP contribution in [0.25, 0.3) is 0 Å². The summed E-state index contributed by atoms with van der Waals surface area (Å²) in [7, 11) is 2.68. The van der Waals surface area contributed by atoms with Crippen LogP contribution in [-0.2, 0) is 19.1 Å². The Labute approximate surface area is 83.9 Å². The largest absolute Gasteiger partial charge is 0.500 e. The van der Waals surface area contributed by atoms with Crippen molar-refractivity contribution in [2.24, 2.45) is 0 Å². The first-order valence-electron chi connectivity index (χ1n) is 4.50. The molecule has 0 fully saturated rings. The maximum atomic E-state index is 11.4. The van der Waals surface area contributed by atoms with Crippen LogP contribution in [0.3, 0.4) is 0 Å². The molecule has 0 rings (SSSR count). The van der Waals surface area contributed by atoms with E-state index in [0.717, 1.165) is 0 Å². The first-order valence-corrected chi connectivity index (χ1v) is 4.50. The highest BCUT2D eigenvalue weighted by Crippen LogP contribution is 2.13. The lowest BCUT2D eigenvalue weighted by Gasteiger charge is -2.09. The summed E-state index contributed by atoms with van der Waals surface area (Å²) in [5.74, 6) is -0.505. The number of allylic oxidation sites excluding steroid dienone is 1. The van der Waals surface area contributed by atoms with E-state index in [2.05, 4.69) is 4.74 Å². The van der Waals surface area contributed by atoms with E-state index in [-0.39, 0.29) is 17.8 Å². The zero-order chi connectivity index (χ0) is 11.1. The highest BCUT2D eigenvalue weighted by molar-refractivity contribution is 6.17. The van der Waals surface area contributed by atoms with E-state index >= 15 is 0 Å². The minimum Gasteiger partial charge on any atom is -0.500 e. The third-order valence-electron chi connectivity index (χ3n) is 1.84. The SMILES string of the molecule is CCC(=O)/C(C(=O)OC)=C(\CC)OC. The van der Waals surface area contributed by atoms with Crippen molar-refractivity contribution in [3.05, 3.63) is 11.3 Å². The number of esters is 1. The van der Waals surface area contributed by atoms with Gasteiger partial charge in [-0.1, -0.05) is 13.8 Å². The normalized spacial score (nSPS) is 11.7. The predicted octanol–water partition coefficient (Wildman–Crippen LogP) is 1.45. The lowest BCUT2D eigenvalue weighted by atomic mass is 10.1. The van der Waals surface area contributed by atoms with Gasteiger partial charge >= 0.3 is 5.97 Å². The summed E-state index contributed by atoms with van der Waals surface area (Å²) in [5.41, 5.74) is 0.0278. The van der Waals surface area contributed by atoms with Crippen molar-refractivity contribution in [1.82, 2.24) is 0 Å². The second-order valence-corrected chi connectivity index (χ2v) is 2.62. The topological polar surface area (TPSA) is 52.6 Å². The lowest BCUT2D eigenvalue weighted by molar-refractivity contribution is -0.138. The molecule has 0 unspecified atom stereocenters. The highest BCUT2D eigenvalue weighted by atomic mass is 16.5. The number of hydrogen-bond donors (Lipinski definition) is 0. The number of hydrogen-bond acceptors (Lipinski definition) is 4. The van der Waals surface area contributed by atoms with E-state index in [0.29, 0.717) is 12.2 Å². The van der Waals surface area contributed by atoms with Crippen LogP contribution in [0.1, 0.15) is 26.7 Å². The Morgan fingerprint density at radius 2 is 1.57 bits per heavy atom. The molecule has 0 aromatic rings. The van der Waals surface area contributed by atoms with Gasteiger partial charge in [0.15, 0.2) is 5.78 Å². The summed E-state index contributed by atoms with van der Waals surface area (Å²) in [6.45, 7) is 3.50. The van der Waals surface area contributed by atoms with Gasteiger partial charge in [-0.25, -0.2) is 4.79 Å². The molecule has 0 bridgehead atoms. The molecule has 0 saturated heterocycles. The third kappa shape index (κ3) is 2.87. The fourth-order valence-corrected chi connectivity index (χ4v) is 1.09. The Bertz CT molecular complexity index is 229. The number of Topliss-reactive ketones (excluding diaryl/α,β-unsaturated/α-hetero) is 1. The van der Waals surface area contributed by atoms with E-state index in [1.54, 1.807) is 6.92 Å². The zero-order valence-electron chi connectivity index (χ0n) is 9.05. The molecule has 0 aliphatic heterocycles. The molecule has 14 heavy (non-hydrogen) atoms. The van der Waals surface area contributed by atoms with Gasteiger partial charge in [0.1, 0.15) is 11.3 Å². The minimum absolute atomic E-state index is 0.0278. The minimum atomic E-state index is -0.629. The molecule has 0 saturated carbocycles. The number of rotatable bonds is 5. The molecule has 4 heteroatoms. The van der Waals surface area contributed by atoms with Crippen LogP contribution < -0.4 is 0 Å². The van der Waals surface area contributed by atoms with Crippen molar-refractivity contribution in [3.8, 4) is 0 Å². The van der Waals surface area contributed by atoms with E-state index in [9.17, 15) is 9.59 Å². The van der Waals surface area contributed by atoms with E-state index in [4.69, 9.17) is 4.74 Å². The first-order chi connectivity index (χ1) is 6.62. The van der Waals surface area contributed by atoms with Gasteiger partial charge in [0.2, 0.25) is 0 Å². The van der Waals surface area contributed by atoms with Crippen molar-refractivity contribution in [3.63, 3.8) is 0 Å². The standard InChI is InChI=1S/C10H16O4/c1-5-7(11)9(10(12)14-4)8(6-2)13-3/h5-6H2,1-4H3/b9-8-. The highest BCUT2D eigenvalue weighted by Gasteiger charge is 2.22. The molecule has 0 aliphatic carbocycles. The summed E-state index contributed by atoms with van der Waals surface area (Å²) < 4.78 is 9.49. The van der Waals surface area contributed by atoms with Crippen LogP contribution in [0.2, 0.25) is 0 Å². The van der Waals surface area contributed by atoms with Gasteiger partial charge in [-0.3, -0.25) is 4.79 Å².